The Bertz CT molecular complexity index is 616. The zero-order chi connectivity index (χ0) is 13.7. The van der Waals surface area contributed by atoms with Crippen molar-refractivity contribution in [2.75, 3.05) is 0 Å². The Morgan fingerprint density at radius 3 is 2.68 bits per heavy atom. The fourth-order valence-electron chi connectivity index (χ4n) is 1.79. The molecule has 0 saturated heterocycles. The van der Waals surface area contributed by atoms with Crippen molar-refractivity contribution in [2.24, 2.45) is 0 Å². The van der Waals surface area contributed by atoms with Gasteiger partial charge >= 0.3 is 0 Å². The molecule has 0 aliphatic rings. The summed E-state index contributed by atoms with van der Waals surface area (Å²) in [4.78, 5) is 0. The van der Waals surface area contributed by atoms with E-state index in [1.54, 1.807) is 6.07 Å². The highest BCUT2D eigenvalue weighted by atomic mass is 79.9. The third-order valence-corrected chi connectivity index (χ3v) is 3.55. The maximum atomic E-state index is 9.02. The van der Waals surface area contributed by atoms with Gasteiger partial charge in [0.25, 0.3) is 0 Å². The predicted molar refractivity (Wildman–Crippen MR) is 79.0 cm³/mol. The second-order valence-corrected chi connectivity index (χ2v) is 5.03. The first-order valence-corrected chi connectivity index (χ1v) is 6.93. The highest BCUT2D eigenvalue weighted by molar-refractivity contribution is 9.10. The van der Waals surface area contributed by atoms with Crippen LogP contribution in [0.4, 0.5) is 0 Å². The third kappa shape index (κ3) is 3.36. The Balaban J connectivity index is 2.13. The highest BCUT2D eigenvalue weighted by Crippen LogP contribution is 2.27. The molecule has 2 rings (SSSR count). The minimum Gasteiger partial charge on any atom is -0.488 e. The summed E-state index contributed by atoms with van der Waals surface area (Å²) in [7, 11) is 0. The van der Waals surface area contributed by atoms with E-state index in [-0.39, 0.29) is 0 Å². The van der Waals surface area contributed by atoms with Crippen LogP contribution in [-0.2, 0) is 13.0 Å². The number of rotatable bonds is 4. The lowest BCUT2D eigenvalue weighted by molar-refractivity contribution is 0.304. The van der Waals surface area contributed by atoms with Crippen molar-refractivity contribution in [2.45, 2.75) is 20.0 Å². The fourth-order valence-corrected chi connectivity index (χ4v) is 2.33. The van der Waals surface area contributed by atoms with Crippen LogP contribution in [0.3, 0.4) is 0 Å². The first kappa shape index (κ1) is 13.6. The van der Waals surface area contributed by atoms with Gasteiger partial charge < -0.3 is 4.74 Å². The predicted octanol–water partition coefficient (Wildman–Crippen LogP) is 4.46. The molecule has 0 bridgehead atoms. The van der Waals surface area contributed by atoms with Crippen LogP contribution < -0.4 is 4.74 Å². The SMILES string of the molecule is CCc1ccc(OCc2ccccc2C#N)c(Br)c1. The number of halogens is 1. The molecule has 0 unspecified atom stereocenters. The molecular weight excluding hydrogens is 302 g/mol. The molecule has 0 fully saturated rings. The van der Waals surface area contributed by atoms with E-state index in [4.69, 9.17) is 10.00 Å². The Morgan fingerprint density at radius 1 is 1.21 bits per heavy atom. The lowest BCUT2D eigenvalue weighted by Gasteiger charge is -2.10. The van der Waals surface area contributed by atoms with Crippen molar-refractivity contribution in [1.82, 2.24) is 0 Å². The quantitative estimate of drug-likeness (QED) is 0.834. The molecule has 0 spiro atoms. The second-order valence-electron chi connectivity index (χ2n) is 4.18. The van der Waals surface area contributed by atoms with Gasteiger partial charge in [-0.15, -0.1) is 0 Å². The van der Waals surface area contributed by atoms with Gasteiger partial charge in [0.1, 0.15) is 12.4 Å². The van der Waals surface area contributed by atoms with Crippen LogP contribution in [-0.4, -0.2) is 0 Å². The normalized spacial score (nSPS) is 9.95. The number of nitriles is 1. The van der Waals surface area contributed by atoms with Crippen LogP contribution in [0.25, 0.3) is 0 Å². The third-order valence-electron chi connectivity index (χ3n) is 2.93. The largest absolute Gasteiger partial charge is 0.488 e. The molecule has 0 radical (unpaired) electrons. The van der Waals surface area contributed by atoms with Crippen molar-refractivity contribution < 1.29 is 4.74 Å². The standard InChI is InChI=1S/C16H14BrNO/c1-2-12-7-8-16(15(17)9-12)19-11-14-6-4-3-5-13(14)10-18/h3-9H,2,11H2,1H3. The molecular formula is C16H14BrNO. The smallest absolute Gasteiger partial charge is 0.134 e. The second kappa shape index (κ2) is 6.40. The zero-order valence-corrected chi connectivity index (χ0v) is 12.3. The molecule has 2 aromatic rings. The first-order chi connectivity index (χ1) is 9.24. The molecule has 2 nitrogen and oxygen atoms in total. The average molecular weight is 316 g/mol. The molecule has 0 aromatic heterocycles. The van der Waals surface area contributed by atoms with Crippen molar-refractivity contribution in [3.05, 3.63) is 63.6 Å². The van der Waals surface area contributed by atoms with Crippen LogP contribution in [0.5, 0.6) is 5.75 Å². The number of hydrogen-bond acceptors (Lipinski definition) is 2. The molecule has 0 N–H and O–H groups in total. The summed E-state index contributed by atoms with van der Waals surface area (Å²) >= 11 is 3.51. The number of ether oxygens (including phenoxy) is 1. The fraction of sp³-hybridized carbons (Fsp3) is 0.188. The molecule has 0 heterocycles. The zero-order valence-electron chi connectivity index (χ0n) is 10.7. The maximum Gasteiger partial charge on any atom is 0.134 e. The van der Waals surface area contributed by atoms with Gasteiger partial charge in [0, 0.05) is 5.56 Å². The van der Waals surface area contributed by atoms with Gasteiger partial charge in [-0.3, -0.25) is 0 Å². The van der Waals surface area contributed by atoms with Crippen molar-refractivity contribution in [1.29, 1.82) is 5.26 Å². The summed E-state index contributed by atoms with van der Waals surface area (Å²) in [6, 6.07) is 15.7. The van der Waals surface area contributed by atoms with Crippen molar-refractivity contribution in [3.8, 4) is 11.8 Å². The van der Waals surface area contributed by atoms with Gasteiger partial charge in [0.05, 0.1) is 16.1 Å². The van der Waals surface area contributed by atoms with Crippen LogP contribution >= 0.6 is 15.9 Å². The Kier molecular flexibility index (Phi) is 4.59. The Labute approximate surface area is 121 Å². The number of hydrogen-bond donors (Lipinski definition) is 0. The minimum absolute atomic E-state index is 0.397. The molecule has 0 aliphatic heterocycles. The van der Waals surface area contributed by atoms with E-state index in [1.807, 2.05) is 24.3 Å². The lowest BCUT2D eigenvalue weighted by atomic mass is 10.1. The Hall–Kier alpha value is -1.79. The molecule has 96 valence electrons. The molecule has 19 heavy (non-hydrogen) atoms. The van der Waals surface area contributed by atoms with Gasteiger partial charge in [-0.1, -0.05) is 31.2 Å². The van der Waals surface area contributed by atoms with Gasteiger partial charge in [-0.2, -0.15) is 5.26 Å². The van der Waals surface area contributed by atoms with E-state index < -0.39 is 0 Å². The van der Waals surface area contributed by atoms with E-state index in [0.29, 0.717) is 12.2 Å². The molecule has 0 saturated carbocycles. The summed E-state index contributed by atoms with van der Waals surface area (Å²) in [5.41, 5.74) is 2.82. The molecule has 3 heteroatoms. The Morgan fingerprint density at radius 2 is 2.00 bits per heavy atom. The van der Waals surface area contributed by atoms with Gasteiger partial charge in [-0.25, -0.2) is 0 Å². The summed E-state index contributed by atoms with van der Waals surface area (Å²) in [6.07, 6.45) is 0.996. The maximum absolute atomic E-state index is 9.02. The summed E-state index contributed by atoms with van der Waals surface area (Å²) < 4.78 is 6.71. The van der Waals surface area contributed by atoms with E-state index in [9.17, 15) is 0 Å². The van der Waals surface area contributed by atoms with E-state index in [1.165, 1.54) is 5.56 Å². The molecule has 0 aliphatic carbocycles. The van der Waals surface area contributed by atoms with Gasteiger partial charge in [0.2, 0.25) is 0 Å². The monoisotopic (exact) mass is 315 g/mol. The summed E-state index contributed by atoms with van der Waals surface area (Å²) in [5.74, 6) is 0.796. The summed E-state index contributed by atoms with van der Waals surface area (Å²) in [6.45, 7) is 2.51. The van der Waals surface area contributed by atoms with Crippen molar-refractivity contribution >= 4 is 15.9 Å². The number of aryl methyl sites for hydroxylation is 1. The van der Waals surface area contributed by atoms with Crippen LogP contribution in [0.1, 0.15) is 23.6 Å². The minimum atomic E-state index is 0.397. The molecule has 0 atom stereocenters. The van der Waals surface area contributed by atoms with Gasteiger partial charge in [-0.05, 0) is 46.1 Å². The number of nitrogens with zero attached hydrogens (tertiary/aromatic N) is 1. The van der Waals surface area contributed by atoms with Crippen LogP contribution in [0.15, 0.2) is 46.9 Å². The lowest BCUT2D eigenvalue weighted by Crippen LogP contribution is -1.99. The van der Waals surface area contributed by atoms with Gasteiger partial charge in [0.15, 0.2) is 0 Å². The van der Waals surface area contributed by atoms with E-state index in [2.05, 4.69) is 41.1 Å². The first-order valence-electron chi connectivity index (χ1n) is 6.13. The van der Waals surface area contributed by atoms with Crippen LogP contribution in [0.2, 0.25) is 0 Å². The molecule has 0 amide bonds. The molecule has 2 aromatic carbocycles. The van der Waals surface area contributed by atoms with E-state index in [0.717, 1.165) is 22.2 Å². The average Bonchev–Trinajstić information content (AvgIpc) is 2.46. The number of benzene rings is 2. The topological polar surface area (TPSA) is 33.0 Å². The highest BCUT2D eigenvalue weighted by Gasteiger charge is 2.05. The van der Waals surface area contributed by atoms with E-state index >= 15 is 0 Å². The van der Waals surface area contributed by atoms with Crippen LogP contribution in [0, 0.1) is 11.3 Å². The summed E-state index contributed by atoms with van der Waals surface area (Å²) in [5, 5.41) is 9.02. The van der Waals surface area contributed by atoms with Crippen molar-refractivity contribution in [3.63, 3.8) is 0 Å².